The van der Waals surface area contributed by atoms with Gasteiger partial charge in [-0.1, -0.05) is 17.7 Å². The first-order valence-corrected chi connectivity index (χ1v) is 7.92. The molecule has 1 aromatic rings. The highest BCUT2D eigenvalue weighted by molar-refractivity contribution is 5.94. The minimum atomic E-state index is -0.831. The highest BCUT2D eigenvalue weighted by atomic mass is 16.5. The molecule has 6 nitrogen and oxygen atoms in total. The summed E-state index contributed by atoms with van der Waals surface area (Å²) < 4.78 is 5.68. The van der Waals surface area contributed by atoms with Gasteiger partial charge in [-0.2, -0.15) is 0 Å². The molecule has 2 saturated heterocycles. The van der Waals surface area contributed by atoms with E-state index in [9.17, 15) is 9.59 Å². The van der Waals surface area contributed by atoms with Crippen LogP contribution in [0.15, 0.2) is 24.3 Å². The van der Waals surface area contributed by atoms with Gasteiger partial charge in [-0.15, -0.1) is 0 Å². The van der Waals surface area contributed by atoms with E-state index in [2.05, 4.69) is 0 Å². The van der Waals surface area contributed by atoms with E-state index in [1.54, 1.807) is 0 Å². The Labute approximate surface area is 135 Å². The average molecular weight is 318 g/mol. The van der Waals surface area contributed by atoms with Gasteiger partial charge in [0, 0.05) is 31.1 Å². The van der Waals surface area contributed by atoms with E-state index < -0.39 is 5.97 Å². The van der Waals surface area contributed by atoms with Gasteiger partial charge in [0.25, 0.3) is 5.91 Å². The standard InChI is InChI=1S/C17H22N2O4/c1-12-2-4-14(5-3-12)17(22)19-7-13-6-18(9-16(20)21)8-15(19)11-23-10-13/h2-5,13,15H,6-11H2,1H3,(H,20,21)/t13-,15-/m0/s1. The fourth-order valence-electron chi connectivity index (χ4n) is 3.37. The molecule has 0 aromatic heterocycles. The first-order chi connectivity index (χ1) is 11.0. The molecule has 0 aliphatic carbocycles. The molecule has 1 amide bonds. The predicted molar refractivity (Wildman–Crippen MR) is 84.4 cm³/mol. The molecule has 0 radical (unpaired) electrons. The van der Waals surface area contributed by atoms with Gasteiger partial charge in [0.2, 0.25) is 0 Å². The molecule has 2 aliphatic heterocycles. The van der Waals surface area contributed by atoms with E-state index >= 15 is 0 Å². The molecule has 2 atom stereocenters. The van der Waals surface area contributed by atoms with Gasteiger partial charge in [-0.3, -0.25) is 14.5 Å². The van der Waals surface area contributed by atoms with Crippen LogP contribution in [0.3, 0.4) is 0 Å². The maximum atomic E-state index is 12.9. The predicted octanol–water partition coefficient (Wildman–Crippen LogP) is 0.852. The number of carbonyl (C=O) groups excluding carboxylic acids is 1. The summed E-state index contributed by atoms with van der Waals surface area (Å²) >= 11 is 0. The molecule has 0 unspecified atom stereocenters. The number of aliphatic carboxylic acids is 1. The van der Waals surface area contributed by atoms with E-state index in [-0.39, 0.29) is 24.4 Å². The van der Waals surface area contributed by atoms with E-state index in [0.29, 0.717) is 38.4 Å². The minimum Gasteiger partial charge on any atom is -0.480 e. The second kappa shape index (κ2) is 6.68. The summed E-state index contributed by atoms with van der Waals surface area (Å²) in [6, 6.07) is 7.47. The number of carboxylic acids is 1. The van der Waals surface area contributed by atoms with Crippen molar-refractivity contribution < 1.29 is 19.4 Å². The number of carbonyl (C=O) groups is 2. The average Bonchev–Trinajstić information content (AvgIpc) is 2.77. The zero-order valence-corrected chi connectivity index (χ0v) is 13.3. The van der Waals surface area contributed by atoms with Crippen molar-refractivity contribution >= 4 is 11.9 Å². The van der Waals surface area contributed by atoms with Gasteiger partial charge in [-0.05, 0) is 19.1 Å². The van der Waals surface area contributed by atoms with Crippen molar-refractivity contribution in [2.45, 2.75) is 13.0 Å². The van der Waals surface area contributed by atoms with E-state index in [0.717, 1.165) is 5.56 Å². The van der Waals surface area contributed by atoms with Crippen molar-refractivity contribution in [2.24, 2.45) is 5.92 Å². The normalized spacial score (nSPS) is 25.0. The lowest BCUT2D eigenvalue weighted by atomic mass is 10.1. The van der Waals surface area contributed by atoms with Crippen LogP contribution in [0, 0.1) is 12.8 Å². The second-order valence-electron chi connectivity index (χ2n) is 6.47. The summed E-state index contributed by atoms with van der Waals surface area (Å²) in [7, 11) is 0. The van der Waals surface area contributed by atoms with E-state index in [4.69, 9.17) is 9.84 Å². The lowest BCUT2D eigenvalue weighted by molar-refractivity contribution is -0.138. The van der Waals surface area contributed by atoms with Crippen LogP contribution in [0.4, 0.5) is 0 Å². The molecule has 0 spiro atoms. The molecule has 2 aliphatic rings. The number of rotatable bonds is 3. The first-order valence-electron chi connectivity index (χ1n) is 7.92. The summed E-state index contributed by atoms with van der Waals surface area (Å²) in [5.74, 6) is -0.679. The third-order valence-corrected chi connectivity index (χ3v) is 4.46. The number of hydrogen-bond acceptors (Lipinski definition) is 4. The number of ether oxygens (including phenoxy) is 1. The maximum absolute atomic E-state index is 12.9. The Kier molecular flexibility index (Phi) is 4.63. The molecule has 124 valence electrons. The number of nitrogens with zero attached hydrogens (tertiary/aromatic N) is 2. The molecule has 0 saturated carbocycles. The summed E-state index contributed by atoms with van der Waals surface area (Å²) in [4.78, 5) is 27.7. The van der Waals surface area contributed by atoms with Crippen LogP contribution in [0.25, 0.3) is 0 Å². The van der Waals surface area contributed by atoms with Crippen molar-refractivity contribution in [2.75, 3.05) is 39.4 Å². The molecule has 2 bridgehead atoms. The molecule has 1 N–H and O–H groups in total. The Morgan fingerprint density at radius 1 is 1.17 bits per heavy atom. The van der Waals surface area contributed by atoms with Gasteiger partial charge in [0.1, 0.15) is 0 Å². The Morgan fingerprint density at radius 2 is 1.91 bits per heavy atom. The SMILES string of the molecule is Cc1ccc(C(=O)N2C[C@H]3COC[C@@H]2CN(CC(=O)O)C3)cc1. The molecule has 23 heavy (non-hydrogen) atoms. The van der Waals surface area contributed by atoms with Crippen LogP contribution in [-0.4, -0.2) is 72.2 Å². The largest absolute Gasteiger partial charge is 0.480 e. The third kappa shape index (κ3) is 3.71. The maximum Gasteiger partial charge on any atom is 0.317 e. The fourth-order valence-corrected chi connectivity index (χ4v) is 3.37. The lowest BCUT2D eigenvalue weighted by Crippen LogP contribution is -2.47. The van der Waals surface area contributed by atoms with Gasteiger partial charge in [-0.25, -0.2) is 0 Å². The molecule has 2 heterocycles. The number of aryl methyl sites for hydroxylation is 1. The minimum absolute atomic E-state index is 0.00248. The molecular formula is C17H22N2O4. The van der Waals surface area contributed by atoms with Crippen molar-refractivity contribution in [1.82, 2.24) is 9.80 Å². The van der Waals surface area contributed by atoms with E-state index in [1.165, 1.54) is 0 Å². The molecule has 6 heteroatoms. The number of hydrogen-bond donors (Lipinski definition) is 1. The molecule has 3 rings (SSSR count). The van der Waals surface area contributed by atoms with Gasteiger partial charge < -0.3 is 14.7 Å². The number of benzene rings is 1. The van der Waals surface area contributed by atoms with Crippen LogP contribution in [-0.2, 0) is 9.53 Å². The van der Waals surface area contributed by atoms with Crippen LogP contribution in [0.1, 0.15) is 15.9 Å². The molecule has 1 aromatic carbocycles. The summed E-state index contributed by atoms with van der Waals surface area (Å²) in [5, 5.41) is 9.05. The zero-order valence-electron chi connectivity index (χ0n) is 13.3. The summed E-state index contributed by atoms with van der Waals surface area (Å²) in [6.07, 6.45) is 0. The Morgan fingerprint density at radius 3 is 2.61 bits per heavy atom. The van der Waals surface area contributed by atoms with E-state index in [1.807, 2.05) is 41.0 Å². The third-order valence-electron chi connectivity index (χ3n) is 4.46. The number of carboxylic acid groups (broad SMARTS) is 1. The highest BCUT2D eigenvalue weighted by Crippen LogP contribution is 2.22. The van der Waals surface area contributed by atoms with Crippen LogP contribution >= 0.6 is 0 Å². The quantitative estimate of drug-likeness (QED) is 0.895. The van der Waals surface area contributed by atoms with Crippen molar-refractivity contribution in [3.63, 3.8) is 0 Å². The van der Waals surface area contributed by atoms with Crippen LogP contribution in [0.2, 0.25) is 0 Å². The second-order valence-corrected chi connectivity index (χ2v) is 6.47. The topological polar surface area (TPSA) is 70.1 Å². The summed E-state index contributed by atoms with van der Waals surface area (Å²) in [6.45, 7) is 4.85. The van der Waals surface area contributed by atoms with Crippen LogP contribution < -0.4 is 0 Å². The highest BCUT2D eigenvalue weighted by Gasteiger charge is 2.36. The van der Waals surface area contributed by atoms with Crippen molar-refractivity contribution in [3.8, 4) is 0 Å². The Balaban J connectivity index is 1.80. The molecule has 2 fully saturated rings. The monoisotopic (exact) mass is 318 g/mol. The van der Waals surface area contributed by atoms with Gasteiger partial charge in [0.15, 0.2) is 0 Å². The smallest absolute Gasteiger partial charge is 0.317 e. The van der Waals surface area contributed by atoms with Crippen LogP contribution in [0.5, 0.6) is 0 Å². The zero-order chi connectivity index (χ0) is 16.4. The number of amides is 1. The molecular weight excluding hydrogens is 296 g/mol. The van der Waals surface area contributed by atoms with Crippen molar-refractivity contribution in [3.05, 3.63) is 35.4 Å². The Bertz CT molecular complexity index is 587. The van der Waals surface area contributed by atoms with Crippen molar-refractivity contribution in [1.29, 1.82) is 0 Å². The summed E-state index contributed by atoms with van der Waals surface area (Å²) in [5.41, 5.74) is 1.79. The number of fused-ring (bicyclic) bond motifs is 3. The van der Waals surface area contributed by atoms with Gasteiger partial charge in [0.05, 0.1) is 25.8 Å². The fraction of sp³-hybridized carbons (Fsp3) is 0.529. The first kappa shape index (κ1) is 16.0. The lowest BCUT2D eigenvalue weighted by Gasteiger charge is -2.30. The Hall–Kier alpha value is -1.92. The van der Waals surface area contributed by atoms with Gasteiger partial charge >= 0.3 is 5.97 Å².